The van der Waals surface area contributed by atoms with Crippen molar-refractivity contribution in [2.75, 3.05) is 6.61 Å². The second kappa shape index (κ2) is 7.78. The Morgan fingerprint density at radius 3 is 2.76 bits per heavy atom. The van der Waals surface area contributed by atoms with Gasteiger partial charge in [-0.05, 0) is 70.7 Å². The van der Waals surface area contributed by atoms with E-state index < -0.39 is 0 Å². The smallest absolute Gasteiger partial charge is 0.213 e. The SMILES string of the molecule is CCOc1ccc([C@H]2Oc3c(Br)cc(Br)cc3[C@H]3CC(c4cccs4)=NN32)cc1. The summed E-state index contributed by atoms with van der Waals surface area (Å²) in [5, 5.41) is 9.20. The van der Waals surface area contributed by atoms with Gasteiger partial charge in [0.25, 0.3) is 0 Å². The molecule has 0 spiro atoms. The number of halogens is 2. The van der Waals surface area contributed by atoms with Gasteiger partial charge in [0.1, 0.15) is 11.5 Å². The first kappa shape index (κ1) is 19.2. The zero-order valence-corrected chi connectivity index (χ0v) is 19.6. The molecule has 0 bridgehead atoms. The van der Waals surface area contributed by atoms with Gasteiger partial charge < -0.3 is 9.47 Å². The minimum Gasteiger partial charge on any atom is -0.494 e. The van der Waals surface area contributed by atoms with Crippen LogP contribution in [0.1, 0.15) is 41.6 Å². The summed E-state index contributed by atoms with van der Waals surface area (Å²) in [6, 6.07) is 16.6. The third-order valence-electron chi connectivity index (χ3n) is 5.09. The van der Waals surface area contributed by atoms with Crippen molar-refractivity contribution < 1.29 is 9.47 Å². The maximum Gasteiger partial charge on any atom is 0.213 e. The number of hydrazone groups is 1. The van der Waals surface area contributed by atoms with E-state index >= 15 is 0 Å². The van der Waals surface area contributed by atoms with Crippen LogP contribution in [0.25, 0.3) is 0 Å². The Morgan fingerprint density at radius 1 is 1.21 bits per heavy atom. The molecule has 148 valence electrons. The maximum atomic E-state index is 6.50. The lowest BCUT2D eigenvalue weighted by Gasteiger charge is -2.38. The summed E-state index contributed by atoms with van der Waals surface area (Å²) in [7, 11) is 0. The molecule has 0 aliphatic carbocycles. The van der Waals surface area contributed by atoms with E-state index in [4.69, 9.17) is 14.6 Å². The Balaban J connectivity index is 1.58. The van der Waals surface area contributed by atoms with Gasteiger partial charge >= 0.3 is 0 Å². The van der Waals surface area contributed by atoms with Crippen LogP contribution in [0, 0.1) is 0 Å². The summed E-state index contributed by atoms with van der Waals surface area (Å²) in [4.78, 5) is 1.21. The quantitative estimate of drug-likeness (QED) is 0.365. The molecule has 3 heterocycles. The molecule has 2 aliphatic rings. The highest BCUT2D eigenvalue weighted by Gasteiger charge is 2.42. The molecule has 0 N–H and O–H groups in total. The van der Waals surface area contributed by atoms with E-state index in [1.54, 1.807) is 11.3 Å². The molecular weight excluding hydrogens is 516 g/mol. The van der Waals surface area contributed by atoms with E-state index in [1.807, 2.05) is 25.1 Å². The van der Waals surface area contributed by atoms with E-state index in [-0.39, 0.29) is 12.3 Å². The standard InChI is InChI=1S/C22H18Br2N2O2S/c1-2-27-15-7-5-13(6-8-15)22-26-19(12-18(25-26)20-4-3-9-29-20)16-10-14(23)11-17(24)21(16)28-22/h3-11,19,22H,2,12H2,1H3/t19-,22-/m1/s1. The molecular formula is C22H18Br2N2O2S. The van der Waals surface area contributed by atoms with E-state index in [2.05, 4.69) is 72.6 Å². The number of hydrogen-bond acceptors (Lipinski definition) is 5. The zero-order valence-electron chi connectivity index (χ0n) is 15.6. The van der Waals surface area contributed by atoms with Crippen molar-refractivity contribution in [3.05, 3.63) is 78.9 Å². The van der Waals surface area contributed by atoms with Gasteiger partial charge in [-0.15, -0.1) is 11.3 Å². The fraction of sp³-hybridized carbons (Fsp3) is 0.227. The Hall–Kier alpha value is -1.83. The molecule has 0 radical (unpaired) electrons. The first-order valence-electron chi connectivity index (χ1n) is 9.42. The van der Waals surface area contributed by atoms with Crippen molar-refractivity contribution in [1.29, 1.82) is 0 Å². The molecule has 2 aromatic carbocycles. The number of benzene rings is 2. The van der Waals surface area contributed by atoms with Crippen LogP contribution in [0.5, 0.6) is 11.5 Å². The fourth-order valence-electron chi connectivity index (χ4n) is 3.82. The average Bonchev–Trinajstić information content (AvgIpc) is 3.38. The minimum atomic E-state index is -0.293. The molecule has 4 nitrogen and oxygen atoms in total. The van der Waals surface area contributed by atoms with Crippen LogP contribution in [0.3, 0.4) is 0 Å². The highest BCUT2D eigenvalue weighted by Crippen LogP contribution is 2.51. The summed E-state index contributed by atoms with van der Waals surface area (Å²) in [5.41, 5.74) is 3.30. The number of ether oxygens (including phenoxy) is 2. The second-order valence-corrected chi connectivity index (χ2v) is 9.62. The Bertz CT molecular complexity index is 1070. The van der Waals surface area contributed by atoms with Crippen LogP contribution in [0.15, 0.2) is 68.0 Å². The van der Waals surface area contributed by atoms with Crippen molar-refractivity contribution in [3.63, 3.8) is 0 Å². The lowest BCUT2D eigenvalue weighted by molar-refractivity contribution is -0.0197. The van der Waals surface area contributed by atoms with Gasteiger partial charge in [-0.2, -0.15) is 5.10 Å². The molecule has 3 aromatic rings. The van der Waals surface area contributed by atoms with Gasteiger partial charge in [-0.3, -0.25) is 0 Å². The first-order chi connectivity index (χ1) is 14.1. The van der Waals surface area contributed by atoms with E-state index in [1.165, 1.54) is 4.88 Å². The number of nitrogens with zero attached hydrogens (tertiary/aromatic N) is 2. The average molecular weight is 534 g/mol. The predicted molar refractivity (Wildman–Crippen MR) is 123 cm³/mol. The van der Waals surface area contributed by atoms with Crippen LogP contribution in [-0.2, 0) is 0 Å². The van der Waals surface area contributed by atoms with E-state index in [0.29, 0.717) is 6.61 Å². The molecule has 0 saturated heterocycles. The molecule has 29 heavy (non-hydrogen) atoms. The molecule has 5 rings (SSSR count). The summed E-state index contributed by atoms with van der Waals surface area (Å²) in [6.07, 6.45) is 0.561. The number of rotatable bonds is 4. The summed E-state index contributed by atoms with van der Waals surface area (Å²) in [5.74, 6) is 1.74. The minimum absolute atomic E-state index is 0.126. The summed E-state index contributed by atoms with van der Waals surface area (Å²) < 4.78 is 14.1. The summed E-state index contributed by atoms with van der Waals surface area (Å²) in [6.45, 7) is 2.64. The van der Waals surface area contributed by atoms with Crippen LogP contribution in [-0.4, -0.2) is 17.3 Å². The van der Waals surface area contributed by atoms with Crippen molar-refractivity contribution in [3.8, 4) is 11.5 Å². The van der Waals surface area contributed by atoms with Crippen molar-refractivity contribution in [1.82, 2.24) is 5.01 Å². The normalized spacial score (nSPS) is 20.0. The largest absolute Gasteiger partial charge is 0.494 e. The Labute approximate surface area is 190 Å². The number of fused-ring (bicyclic) bond motifs is 3. The third-order valence-corrected chi connectivity index (χ3v) is 7.06. The highest BCUT2D eigenvalue weighted by atomic mass is 79.9. The van der Waals surface area contributed by atoms with Crippen LogP contribution in [0.2, 0.25) is 0 Å². The lowest BCUT2D eigenvalue weighted by Crippen LogP contribution is -2.33. The molecule has 1 aromatic heterocycles. The predicted octanol–water partition coefficient (Wildman–Crippen LogP) is 6.91. The molecule has 0 amide bonds. The van der Waals surface area contributed by atoms with Gasteiger partial charge in [0, 0.05) is 22.0 Å². The topological polar surface area (TPSA) is 34.1 Å². The van der Waals surface area contributed by atoms with Gasteiger partial charge in [0.15, 0.2) is 0 Å². The van der Waals surface area contributed by atoms with Gasteiger partial charge in [-0.25, -0.2) is 5.01 Å². The fourth-order valence-corrected chi connectivity index (χ4v) is 5.89. The first-order valence-corrected chi connectivity index (χ1v) is 11.9. The van der Waals surface area contributed by atoms with E-state index in [9.17, 15) is 0 Å². The lowest BCUT2D eigenvalue weighted by atomic mass is 9.97. The Morgan fingerprint density at radius 2 is 2.03 bits per heavy atom. The molecule has 0 saturated carbocycles. The summed E-state index contributed by atoms with van der Waals surface area (Å²) >= 11 is 9.03. The number of hydrogen-bond donors (Lipinski definition) is 0. The van der Waals surface area contributed by atoms with Crippen molar-refractivity contribution in [2.45, 2.75) is 25.6 Å². The molecule has 0 unspecified atom stereocenters. The van der Waals surface area contributed by atoms with Crippen molar-refractivity contribution >= 4 is 48.9 Å². The Kier molecular flexibility index (Phi) is 5.14. The molecule has 2 aliphatic heterocycles. The van der Waals surface area contributed by atoms with E-state index in [0.717, 1.165) is 43.7 Å². The zero-order chi connectivity index (χ0) is 20.0. The second-order valence-electron chi connectivity index (χ2n) is 6.90. The van der Waals surface area contributed by atoms with Crippen LogP contribution in [0.4, 0.5) is 0 Å². The molecule has 0 fully saturated rings. The molecule has 2 atom stereocenters. The van der Waals surface area contributed by atoms with Gasteiger partial charge in [-0.1, -0.05) is 22.0 Å². The monoisotopic (exact) mass is 532 g/mol. The number of thiophene rings is 1. The highest BCUT2D eigenvalue weighted by molar-refractivity contribution is 9.11. The maximum absolute atomic E-state index is 6.50. The molecule has 7 heteroatoms. The van der Waals surface area contributed by atoms with Crippen LogP contribution >= 0.6 is 43.2 Å². The van der Waals surface area contributed by atoms with Crippen molar-refractivity contribution in [2.24, 2.45) is 5.10 Å². The van der Waals surface area contributed by atoms with Gasteiger partial charge in [0.05, 0.1) is 27.7 Å². The van der Waals surface area contributed by atoms with Crippen LogP contribution < -0.4 is 9.47 Å². The van der Waals surface area contributed by atoms with Gasteiger partial charge in [0.2, 0.25) is 6.23 Å². The third kappa shape index (κ3) is 3.49.